The second kappa shape index (κ2) is 4.49. The van der Waals surface area contributed by atoms with E-state index >= 15 is 0 Å². The van der Waals surface area contributed by atoms with Crippen LogP contribution in [0.15, 0.2) is 24.3 Å². The van der Waals surface area contributed by atoms with Gasteiger partial charge < -0.3 is 5.73 Å². The highest BCUT2D eigenvalue weighted by Gasteiger charge is 2.35. The molecule has 3 nitrogen and oxygen atoms in total. The molecule has 0 amide bonds. The van der Waals surface area contributed by atoms with Crippen LogP contribution in [0.4, 0.5) is 23.4 Å². The molecule has 0 aliphatic heterocycles. The quantitative estimate of drug-likeness (QED) is 0.810. The first kappa shape index (κ1) is 13.3. The van der Waals surface area contributed by atoms with Crippen LogP contribution in [0.3, 0.4) is 0 Å². The lowest BCUT2D eigenvalue weighted by Crippen LogP contribution is -2.13. The number of rotatable bonds is 1. The van der Waals surface area contributed by atoms with Gasteiger partial charge in [-0.05, 0) is 18.6 Å². The van der Waals surface area contributed by atoms with Crippen molar-refractivity contribution < 1.29 is 17.6 Å². The summed E-state index contributed by atoms with van der Waals surface area (Å²) in [7, 11) is 0. The maximum atomic E-state index is 13.4. The van der Waals surface area contributed by atoms with E-state index in [9.17, 15) is 17.6 Å². The molecule has 2 aromatic rings. The topological polar surface area (TPSA) is 51.8 Å². The van der Waals surface area contributed by atoms with Gasteiger partial charge in [0.05, 0.1) is 5.69 Å². The Hall–Kier alpha value is -2.18. The van der Waals surface area contributed by atoms with E-state index in [4.69, 9.17) is 5.73 Å². The van der Waals surface area contributed by atoms with E-state index in [0.717, 1.165) is 0 Å². The van der Waals surface area contributed by atoms with Crippen LogP contribution in [-0.2, 0) is 6.18 Å². The van der Waals surface area contributed by atoms with Crippen molar-refractivity contribution in [2.45, 2.75) is 13.1 Å². The highest BCUT2D eigenvalue weighted by molar-refractivity contribution is 5.65. The van der Waals surface area contributed by atoms with Gasteiger partial charge in [0.25, 0.3) is 0 Å². The highest BCUT2D eigenvalue weighted by Crippen LogP contribution is 2.30. The Morgan fingerprint density at radius 2 is 1.84 bits per heavy atom. The van der Waals surface area contributed by atoms with Crippen molar-refractivity contribution in [2.75, 3.05) is 5.73 Å². The predicted molar refractivity (Wildman–Crippen MR) is 61.6 cm³/mol. The lowest BCUT2D eigenvalue weighted by atomic mass is 10.0. The predicted octanol–water partition coefficient (Wildman–Crippen LogP) is 3.19. The molecule has 0 atom stereocenters. The minimum absolute atomic E-state index is 0.0585. The van der Waals surface area contributed by atoms with Crippen LogP contribution in [-0.4, -0.2) is 9.97 Å². The standard InChI is InChI=1S/C12H9F4N3/c1-6-7(3-2-4-8(6)13)9-5-10(17)19-11(18-9)12(14,15)16/h2-5H,1H3,(H2,17,18,19). The molecule has 0 spiro atoms. The normalized spacial score (nSPS) is 11.6. The number of alkyl halides is 3. The number of aromatic nitrogens is 2. The SMILES string of the molecule is Cc1c(F)cccc1-c1cc(N)nc(C(F)(F)F)n1. The minimum Gasteiger partial charge on any atom is -0.384 e. The summed E-state index contributed by atoms with van der Waals surface area (Å²) in [6.45, 7) is 1.45. The number of hydrogen-bond acceptors (Lipinski definition) is 3. The monoisotopic (exact) mass is 271 g/mol. The molecule has 0 saturated heterocycles. The summed E-state index contributed by atoms with van der Waals surface area (Å²) in [4.78, 5) is 6.52. The third kappa shape index (κ3) is 2.64. The van der Waals surface area contributed by atoms with E-state index in [2.05, 4.69) is 9.97 Å². The van der Waals surface area contributed by atoms with Crippen molar-refractivity contribution in [1.82, 2.24) is 9.97 Å². The summed E-state index contributed by atoms with van der Waals surface area (Å²) in [6.07, 6.45) is -4.70. The maximum Gasteiger partial charge on any atom is 0.451 e. The Balaban J connectivity index is 2.63. The van der Waals surface area contributed by atoms with E-state index in [1.165, 1.54) is 31.2 Å². The molecular weight excluding hydrogens is 262 g/mol. The summed E-state index contributed by atoms with van der Waals surface area (Å²) < 4.78 is 51.2. The maximum absolute atomic E-state index is 13.4. The molecule has 1 aromatic heterocycles. The van der Waals surface area contributed by atoms with Gasteiger partial charge in [-0.2, -0.15) is 13.2 Å². The van der Waals surface area contributed by atoms with Crippen LogP contribution >= 0.6 is 0 Å². The molecular formula is C12H9F4N3. The zero-order valence-electron chi connectivity index (χ0n) is 9.79. The number of halogens is 4. The van der Waals surface area contributed by atoms with Crippen LogP contribution in [0.25, 0.3) is 11.3 Å². The van der Waals surface area contributed by atoms with Gasteiger partial charge in [-0.1, -0.05) is 12.1 Å². The lowest BCUT2D eigenvalue weighted by Gasteiger charge is -2.10. The molecule has 1 heterocycles. The number of hydrogen-bond donors (Lipinski definition) is 1. The molecule has 7 heteroatoms. The molecule has 100 valence electrons. The molecule has 0 aliphatic rings. The molecule has 0 bridgehead atoms. The first-order valence-electron chi connectivity index (χ1n) is 5.26. The Bertz CT molecular complexity index is 623. The van der Waals surface area contributed by atoms with Crippen molar-refractivity contribution in [2.24, 2.45) is 0 Å². The zero-order valence-corrected chi connectivity index (χ0v) is 9.79. The fraction of sp³-hybridized carbons (Fsp3) is 0.167. The number of nitrogens with zero attached hydrogens (tertiary/aromatic N) is 2. The van der Waals surface area contributed by atoms with Crippen LogP contribution in [0.5, 0.6) is 0 Å². The second-order valence-corrected chi connectivity index (χ2v) is 3.91. The summed E-state index contributed by atoms with van der Waals surface area (Å²) in [6, 6.07) is 5.26. The summed E-state index contributed by atoms with van der Waals surface area (Å²) in [5, 5.41) is 0. The fourth-order valence-electron chi connectivity index (χ4n) is 1.62. The number of nitrogen functional groups attached to an aromatic ring is 1. The molecule has 2 rings (SSSR count). The van der Waals surface area contributed by atoms with E-state index in [1.54, 1.807) is 0 Å². The van der Waals surface area contributed by atoms with Crippen LogP contribution in [0.1, 0.15) is 11.4 Å². The summed E-state index contributed by atoms with van der Waals surface area (Å²) in [5.41, 5.74) is 5.73. The number of nitrogens with two attached hydrogens (primary N) is 1. The molecule has 0 unspecified atom stereocenters. The molecule has 0 saturated carbocycles. The fourth-order valence-corrected chi connectivity index (χ4v) is 1.62. The van der Waals surface area contributed by atoms with Crippen molar-refractivity contribution >= 4 is 5.82 Å². The van der Waals surface area contributed by atoms with E-state index in [-0.39, 0.29) is 22.6 Å². The molecule has 0 aliphatic carbocycles. The molecule has 0 fully saturated rings. The Morgan fingerprint density at radius 3 is 2.47 bits per heavy atom. The van der Waals surface area contributed by atoms with E-state index in [1.807, 2.05) is 0 Å². The Labute approximate surface area is 106 Å². The van der Waals surface area contributed by atoms with Crippen molar-refractivity contribution in [3.8, 4) is 11.3 Å². The first-order chi connectivity index (χ1) is 8.79. The smallest absolute Gasteiger partial charge is 0.384 e. The van der Waals surface area contributed by atoms with Gasteiger partial charge in [0.15, 0.2) is 0 Å². The van der Waals surface area contributed by atoms with Gasteiger partial charge in [-0.25, -0.2) is 14.4 Å². The van der Waals surface area contributed by atoms with Gasteiger partial charge in [0.2, 0.25) is 5.82 Å². The van der Waals surface area contributed by atoms with E-state index < -0.39 is 17.8 Å². The molecule has 0 radical (unpaired) electrons. The van der Waals surface area contributed by atoms with Crippen molar-refractivity contribution in [1.29, 1.82) is 0 Å². The van der Waals surface area contributed by atoms with Crippen LogP contribution in [0.2, 0.25) is 0 Å². The number of anilines is 1. The zero-order chi connectivity index (χ0) is 14.2. The Morgan fingerprint density at radius 1 is 1.16 bits per heavy atom. The second-order valence-electron chi connectivity index (χ2n) is 3.91. The van der Waals surface area contributed by atoms with Crippen molar-refractivity contribution in [3.63, 3.8) is 0 Å². The Kier molecular flexibility index (Phi) is 3.13. The van der Waals surface area contributed by atoms with Gasteiger partial charge in [-0.3, -0.25) is 0 Å². The van der Waals surface area contributed by atoms with Gasteiger partial charge >= 0.3 is 6.18 Å². The third-order valence-electron chi connectivity index (χ3n) is 2.54. The van der Waals surface area contributed by atoms with Gasteiger partial charge in [0.1, 0.15) is 11.6 Å². The third-order valence-corrected chi connectivity index (χ3v) is 2.54. The van der Waals surface area contributed by atoms with Crippen LogP contribution < -0.4 is 5.73 Å². The largest absolute Gasteiger partial charge is 0.451 e. The number of benzene rings is 1. The molecule has 2 N–H and O–H groups in total. The van der Waals surface area contributed by atoms with E-state index in [0.29, 0.717) is 0 Å². The van der Waals surface area contributed by atoms with Crippen LogP contribution in [0, 0.1) is 12.7 Å². The van der Waals surface area contributed by atoms with Crippen molar-refractivity contribution in [3.05, 3.63) is 41.5 Å². The lowest BCUT2D eigenvalue weighted by molar-refractivity contribution is -0.144. The summed E-state index contributed by atoms with van der Waals surface area (Å²) >= 11 is 0. The minimum atomic E-state index is -4.70. The van der Waals surface area contributed by atoms with Gasteiger partial charge in [0, 0.05) is 11.6 Å². The highest BCUT2D eigenvalue weighted by atomic mass is 19.4. The molecule has 19 heavy (non-hydrogen) atoms. The molecule has 1 aromatic carbocycles. The average Bonchev–Trinajstić information content (AvgIpc) is 2.31. The average molecular weight is 271 g/mol. The first-order valence-corrected chi connectivity index (χ1v) is 5.26. The van der Waals surface area contributed by atoms with Gasteiger partial charge in [-0.15, -0.1) is 0 Å². The summed E-state index contributed by atoms with van der Waals surface area (Å²) in [5.74, 6) is -2.18.